The highest BCUT2D eigenvalue weighted by atomic mass is 79.9. The van der Waals surface area contributed by atoms with Crippen molar-refractivity contribution in [2.45, 2.75) is 19.9 Å². The summed E-state index contributed by atoms with van der Waals surface area (Å²) in [4.78, 5) is 13.8. The van der Waals surface area contributed by atoms with Gasteiger partial charge >= 0.3 is 5.97 Å². The summed E-state index contributed by atoms with van der Waals surface area (Å²) in [6.45, 7) is 4.46. The average molecular weight is 316 g/mol. The third kappa shape index (κ3) is 3.84. The van der Waals surface area contributed by atoms with Crippen molar-refractivity contribution in [2.75, 3.05) is 13.2 Å². The van der Waals surface area contributed by atoms with Crippen molar-refractivity contribution in [3.8, 4) is 12.3 Å². The first-order chi connectivity index (χ1) is 8.10. The number of aryl methyl sites for hydroxylation is 1. The molecule has 0 saturated heterocycles. The van der Waals surface area contributed by atoms with Crippen molar-refractivity contribution >= 4 is 33.2 Å². The summed E-state index contributed by atoms with van der Waals surface area (Å²) < 4.78 is 6.02. The van der Waals surface area contributed by atoms with Gasteiger partial charge in [-0.3, -0.25) is 5.32 Å². The van der Waals surface area contributed by atoms with Crippen LogP contribution in [0.25, 0.3) is 0 Å². The summed E-state index contributed by atoms with van der Waals surface area (Å²) in [6.07, 6.45) is 5.19. The SMILES string of the molecule is C#CCNC(C(=O)OCC)c1cc(Br)c(C)s1. The summed E-state index contributed by atoms with van der Waals surface area (Å²) in [7, 11) is 0. The highest BCUT2D eigenvalue weighted by Gasteiger charge is 2.23. The molecule has 0 saturated carbocycles. The van der Waals surface area contributed by atoms with E-state index in [2.05, 4.69) is 27.2 Å². The van der Waals surface area contributed by atoms with E-state index in [0.717, 1.165) is 14.2 Å². The normalized spacial score (nSPS) is 11.9. The van der Waals surface area contributed by atoms with Gasteiger partial charge in [0, 0.05) is 14.2 Å². The molecular formula is C12H14BrNO2S. The summed E-state index contributed by atoms with van der Waals surface area (Å²) >= 11 is 4.98. The van der Waals surface area contributed by atoms with Gasteiger partial charge in [0.2, 0.25) is 0 Å². The molecule has 5 heteroatoms. The first-order valence-corrected chi connectivity index (χ1v) is 6.80. The summed E-state index contributed by atoms with van der Waals surface area (Å²) in [5.41, 5.74) is 0. The van der Waals surface area contributed by atoms with E-state index in [4.69, 9.17) is 11.2 Å². The number of terminal acetylenes is 1. The second-order valence-corrected chi connectivity index (χ2v) is 5.47. The predicted octanol–water partition coefficient (Wildman–Crippen LogP) is 2.65. The minimum atomic E-state index is -0.485. The maximum atomic E-state index is 11.8. The fraction of sp³-hybridized carbons (Fsp3) is 0.417. The molecule has 1 aromatic rings. The van der Waals surface area contributed by atoms with E-state index < -0.39 is 6.04 Å². The Kier molecular flexibility index (Phi) is 5.69. The van der Waals surface area contributed by atoms with E-state index in [1.54, 1.807) is 18.3 Å². The standard InChI is InChI=1S/C12H14BrNO2S/c1-4-6-14-11(12(15)16-5-2)10-7-9(13)8(3)17-10/h1,7,11,14H,5-6H2,2-3H3. The van der Waals surface area contributed by atoms with Gasteiger partial charge in [0.1, 0.15) is 6.04 Å². The van der Waals surface area contributed by atoms with Crippen LogP contribution in [0, 0.1) is 19.3 Å². The number of carbonyl (C=O) groups is 1. The Bertz CT molecular complexity index is 417. The number of nitrogens with one attached hydrogen (secondary N) is 1. The first-order valence-electron chi connectivity index (χ1n) is 5.19. The van der Waals surface area contributed by atoms with Crippen LogP contribution in [0.3, 0.4) is 0 Å². The maximum absolute atomic E-state index is 11.8. The number of esters is 1. The molecule has 0 amide bonds. The molecule has 1 unspecified atom stereocenters. The van der Waals surface area contributed by atoms with E-state index in [1.807, 2.05) is 13.0 Å². The van der Waals surface area contributed by atoms with E-state index in [9.17, 15) is 4.79 Å². The van der Waals surface area contributed by atoms with Gasteiger partial charge in [-0.25, -0.2) is 4.79 Å². The van der Waals surface area contributed by atoms with Crippen molar-refractivity contribution in [3.05, 3.63) is 20.3 Å². The number of ether oxygens (including phenoxy) is 1. The number of hydrogen-bond donors (Lipinski definition) is 1. The van der Waals surface area contributed by atoms with E-state index >= 15 is 0 Å². The van der Waals surface area contributed by atoms with Crippen molar-refractivity contribution in [1.82, 2.24) is 5.32 Å². The molecule has 3 nitrogen and oxygen atoms in total. The molecule has 1 rings (SSSR count). The number of thiophene rings is 1. The molecule has 0 fully saturated rings. The van der Waals surface area contributed by atoms with E-state index in [-0.39, 0.29) is 5.97 Å². The minimum absolute atomic E-state index is 0.295. The largest absolute Gasteiger partial charge is 0.465 e. The molecule has 1 atom stereocenters. The number of carbonyl (C=O) groups excluding carboxylic acids is 1. The zero-order valence-corrected chi connectivity index (χ0v) is 12.2. The Hall–Kier alpha value is -0.830. The Morgan fingerprint density at radius 2 is 2.47 bits per heavy atom. The summed E-state index contributed by atoms with van der Waals surface area (Å²) in [5.74, 6) is 2.17. The molecule has 0 spiro atoms. The van der Waals surface area contributed by atoms with Crippen LogP contribution in [-0.4, -0.2) is 19.1 Å². The Labute approximate surface area is 114 Å². The molecule has 0 bridgehead atoms. The predicted molar refractivity (Wildman–Crippen MR) is 73.0 cm³/mol. The molecule has 1 N–H and O–H groups in total. The van der Waals surface area contributed by atoms with Crippen LogP contribution in [0.1, 0.15) is 22.7 Å². The van der Waals surface area contributed by atoms with E-state index in [1.165, 1.54) is 0 Å². The van der Waals surface area contributed by atoms with Crippen molar-refractivity contribution in [3.63, 3.8) is 0 Å². The average Bonchev–Trinajstić information content (AvgIpc) is 2.60. The second kappa shape index (κ2) is 6.80. The van der Waals surface area contributed by atoms with Gasteiger partial charge < -0.3 is 4.74 Å². The Balaban J connectivity index is 2.89. The Morgan fingerprint density at radius 1 is 1.76 bits per heavy atom. The van der Waals surface area contributed by atoms with Crippen molar-refractivity contribution < 1.29 is 9.53 Å². The van der Waals surface area contributed by atoms with Crippen molar-refractivity contribution in [2.24, 2.45) is 0 Å². The van der Waals surface area contributed by atoms with Crippen LogP contribution >= 0.6 is 27.3 Å². The van der Waals surface area contributed by atoms with Gasteiger partial charge in [0.15, 0.2) is 0 Å². The molecule has 17 heavy (non-hydrogen) atoms. The minimum Gasteiger partial charge on any atom is -0.465 e. The highest BCUT2D eigenvalue weighted by Crippen LogP contribution is 2.31. The third-order valence-electron chi connectivity index (χ3n) is 2.09. The lowest BCUT2D eigenvalue weighted by Gasteiger charge is -2.14. The third-order valence-corrected chi connectivity index (χ3v) is 4.29. The molecule has 0 radical (unpaired) electrons. The second-order valence-electron chi connectivity index (χ2n) is 3.32. The summed E-state index contributed by atoms with van der Waals surface area (Å²) in [5, 5.41) is 2.99. The monoisotopic (exact) mass is 315 g/mol. The molecule has 0 aliphatic rings. The van der Waals surface area contributed by atoms with Crippen LogP contribution in [0.15, 0.2) is 10.5 Å². The lowest BCUT2D eigenvalue weighted by atomic mass is 10.2. The topological polar surface area (TPSA) is 38.3 Å². The van der Waals surface area contributed by atoms with Crippen LogP contribution in [0.4, 0.5) is 0 Å². The van der Waals surface area contributed by atoms with Gasteiger partial charge in [0.25, 0.3) is 0 Å². The van der Waals surface area contributed by atoms with Gasteiger partial charge in [-0.1, -0.05) is 5.92 Å². The molecule has 0 aliphatic heterocycles. The maximum Gasteiger partial charge on any atom is 0.328 e. The van der Waals surface area contributed by atoms with Crippen LogP contribution < -0.4 is 5.32 Å². The molecule has 0 aliphatic carbocycles. The van der Waals surface area contributed by atoms with Crippen LogP contribution in [0.5, 0.6) is 0 Å². The Morgan fingerprint density at radius 3 is 2.94 bits per heavy atom. The van der Waals surface area contributed by atoms with Gasteiger partial charge in [0.05, 0.1) is 13.2 Å². The van der Waals surface area contributed by atoms with Crippen molar-refractivity contribution in [1.29, 1.82) is 0 Å². The fourth-order valence-corrected chi connectivity index (χ4v) is 2.94. The lowest BCUT2D eigenvalue weighted by Crippen LogP contribution is -2.29. The fourth-order valence-electron chi connectivity index (χ4n) is 1.31. The zero-order valence-electron chi connectivity index (χ0n) is 9.75. The molecular weight excluding hydrogens is 302 g/mol. The number of hydrogen-bond acceptors (Lipinski definition) is 4. The highest BCUT2D eigenvalue weighted by molar-refractivity contribution is 9.10. The van der Waals surface area contributed by atoms with E-state index in [0.29, 0.717) is 13.2 Å². The number of rotatable bonds is 5. The van der Waals surface area contributed by atoms with Gasteiger partial charge in [-0.05, 0) is 35.8 Å². The summed E-state index contributed by atoms with van der Waals surface area (Å²) in [6, 6.07) is 1.44. The quantitative estimate of drug-likeness (QED) is 0.670. The lowest BCUT2D eigenvalue weighted by molar-refractivity contribution is -0.145. The first kappa shape index (κ1) is 14.2. The van der Waals surface area contributed by atoms with Gasteiger partial charge in [-0.15, -0.1) is 17.8 Å². The zero-order chi connectivity index (χ0) is 12.8. The molecule has 0 aromatic carbocycles. The molecule has 92 valence electrons. The number of halogens is 1. The van der Waals surface area contributed by atoms with Crippen LogP contribution in [-0.2, 0) is 9.53 Å². The van der Waals surface area contributed by atoms with Gasteiger partial charge in [-0.2, -0.15) is 0 Å². The molecule has 1 aromatic heterocycles. The molecule has 1 heterocycles. The smallest absolute Gasteiger partial charge is 0.328 e. The van der Waals surface area contributed by atoms with Crippen LogP contribution in [0.2, 0.25) is 0 Å².